The molecule has 0 radical (unpaired) electrons. The number of allylic oxidation sites excluding steroid dienone is 1. The predicted octanol–water partition coefficient (Wildman–Crippen LogP) is 2.81. The average molecular weight is 429 g/mol. The van der Waals surface area contributed by atoms with Crippen LogP contribution in [0.1, 0.15) is 24.8 Å². The summed E-state index contributed by atoms with van der Waals surface area (Å²) in [5, 5.41) is 21.2. The molecule has 4 unspecified atom stereocenters. The monoisotopic (exact) mass is 428 g/mol. The van der Waals surface area contributed by atoms with Crippen molar-refractivity contribution in [2.45, 2.75) is 36.8 Å². The molecule has 4 aliphatic heterocycles. The first-order valence-electron chi connectivity index (χ1n) is 9.63. The zero-order valence-electron chi connectivity index (χ0n) is 14.9. The highest BCUT2D eigenvalue weighted by molar-refractivity contribution is 9.09. The molecule has 2 saturated heterocycles. The lowest BCUT2D eigenvalue weighted by molar-refractivity contribution is -0.118. The molecule has 2 bridgehead atoms. The third kappa shape index (κ3) is 1.77. The third-order valence-electron chi connectivity index (χ3n) is 7.58. The number of benzene rings is 1. The summed E-state index contributed by atoms with van der Waals surface area (Å²) in [6.07, 6.45) is 6.94. The number of nitrogens with zero attached hydrogens (tertiary/aromatic N) is 2. The van der Waals surface area contributed by atoms with Gasteiger partial charge in [0.15, 0.2) is 11.5 Å². The van der Waals surface area contributed by atoms with Gasteiger partial charge in [0.25, 0.3) is 0 Å². The number of carbonyl (C=O) groups excluding carboxylic acids is 1. The van der Waals surface area contributed by atoms with Crippen molar-refractivity contribution in [2.75, 3.05) is 23.3 Å². The van der Waals surface area contributed by atoms with Gasteiger partial charge in [-0.1, -0.05) is 33.7 Å². The summed E-state index contributed by atoms with van der Waals surface area (Å²) in [4.78, 5) is 17.5. The van der Waals surface area contributed by atoms with Gasteiger partial charge in [-0.25, -0.2) is 0 Å². The Bertz CT molecular complexity index is 955. The van der Waals surface area contributed by atoms with Crippen molar-refractivity contribution in [1.29, 1.82) is 0 Å². The Labute approximate surface area is 166 Å². The normalized spacial score (nSPS) is 37.4. The van der Waals surface area contributed by atoms with Crippen LogP contribution in [0.4, 0.5) is 5.69 Å². The summed E-state index contributed by atoms with van der Waals surface area (Å²) in [6.45, 7) is 1.99. The molecule has 2 N–H and O–H groups in total. The van der Waals surface area contributed by atoms with Crippen LogP contribution in [0.3, 0.4) is 0 Å². The lowest BCUT2D eigenvalue weighted by atomic mass is 9.57. The highest BCUT2D eigenvalue weighted by Crippen LogP contribution is 2.64. The minimum absolute atomic E-state index is 0.0164. The van der Waals surface area contributed by atoms with E-state index in [1.54, 1.807) is 12.1 Å². The van der Waals surface area contributed by atoms with E-state index in [2.05, 4.69) is 33.0 Å². The number of halogens is 1. The van der Waals surface area contributed by atoms with Crippen molar-refractivity contribution in [1.82, 2.24) is 4.90 Å². The van der Waals surface area contributed by atoms with Gasteiger partial charge in [0, 0.05) is 41.7 Å². The minimum atomic E-state index is -0.168. The molecular weight excluding hydrogens is 408 g/mol. The van der Waals surface area contributed by atoms with E-state index in [0.29, 0.717) is 18.4 Å². The van der Waals surface area contributed by atoms with Gasteiger partial charge in [0.05, 0.1) is 11.7 Å². The number of carbonyl (C=O) groups is 1. The summed E-state index contributed by atoms with van der Waals surface area (Å²) in [5.74, 6) is 0.256. The van der Waals surface area contributed by atoms with Crippen molar-refractivity contribution in [3.8, 4) is 11.5 Å². The van der Waals surface area contributed by atoms with Crippen LogP contribution in [0.2, 0.25) is 0 Å². The number of amides is 1. The number of hydrogen-bond donors (Lipinski definition) is 2. The number of piperidine rings is 1. The fraction of sp³-hybridized carbons (Fsp3) is 0.476. The van der Waals surface area contributed by atoms with Crippen molar-refractivity contribution in [2.24, 2.45) is 5.92 Å². The highest BCUT2D eigenvalue weighted by Gasteiger charge is 2.67. The first kappa shape index (κ1) is 16.2. The maximum Gasteiger partial charge on any atom is 0.231 e. The minimum Gasteiger partial charge on any atom is -0.504 e. The van der Waals surface area contributed by atoms with Gasteiger partial charge in [-0.3, -0.25) is 9.69 Å². The summed E-state index contributed by atoms with van der Waals surface area (Å²) in [6, 6.07) is 3.71. The standard InChI is InChI=1S/C21H21BrN2O3/c22-5-3-11-10-23-6-4-21-14-8-16(25)17(26)9-15(14)24-19(27)2-1-12(20(21)24)13(11)7-18(21)23/h1,3,8-9,13,18,20,25-26H,2,4-7,10H2/b11-3+. The summed E-state index contributed by atoms with van der Waals surface area (Å²) in [5.41, 5.74) is 4.50. The van der Waals surface area contributed by atoms with Gasteiger partial charge in [-0.15, -0.1) is 0 Å². The predicted molar refractivity (Wildman–Crippen MR) is 105 cm³/mol. The Balaban J connectivity index is 1.64. The Morgan fingerprint density at radius 3 is 2.93 bits per heavy atom. The van der Waals surface area contributed by atoms with Crippen molar-refractivity contribution >= 4 is 27.5 Å². The van der Waals surface area contributed by atoms with Crippen LogP contribution in [0.5, 0.6) is 11.5 Å². The summed E-state index contributed by atoms with van der Waals surface area (Å²) in [7, 11) is 0. The van der Waals surface area contributed by atoms with Gasteiger partial charge in [0.2, 0.25) is 5.91 Å². The van der Waals surface area contributed by atoms with E-state index in [0.717, 1.165) is 42.5 Å². The van der Waals surface area contributed by atoms with Crippen LogP contribution in [0, 0.1) is 5.92 Å². The largest absolute Gasteiger partial charge is 0.504 e. The van der Waals surface area contributed by atoms with E-state index in [9.17, 15) is 15.0 Å². The van der Waals surface area contributed by atoms with Crippen LogP contribution < -0.4 is 4.90 Å². The highest BCUT2D eigenvalue weighted by atomic mass is 79.9. The number of fused-ring (bicyclic) bond motifs is 4. The molecule has 1 aromatic carbocycles. The molecule has 0 aromatic heterocycles. The second kappa shape index (κ2) is 5.17. The molecule has 27 heavy (non-hydrogen) atoms. The zero-order valence-corrected chi connectivity index (χ0v) is 16.4. The first-order valence-corrected chi connectivity index (χ1v) is 10.8. The fourth-order valence-electron chi connectivity index (χ4n) is 6.66. The molecule has 6 rings (SSSR count). The van der Waals surface area contributed by atoms with E-state index in [4.69, 9.17) is 0 Å². The number of alkyl halides is 1. The molecular formula is C21H21BrN2O3. The van der Waals surface area contributed by atoms with Crippen LogP contribution in [-0.4, -0.2) is 51.5 Å². The van der Waals surface area contributed by atoms with Crippen LogP contribution in [0.25, 0.3) is 0 Å². The Morgan fingerprint density at radius 2 is 2.11 bits per heavy atom. The van der Waals surface area contributed by atoms with Crippen molar-refractivity contribution < 1.29 is 15.0 Å². The average Bonchev–Trinajstić information content (AvgIpc) is 3.17. The fourth-order valence-corrected chi connectivity index (χ4v) is 7.08. The topological polar surface area (TPSA) is 64.0 Å². The first-order chi connectivity index (χ1) is 13.1. The molecule has 1 spiro atoms. The summed E-state index contributed by atoms with van der Waals surface area (Å²) >= 11 is 3.56. The van der Waals surface area contributed by atoms with Crippen LogP contribution in [-0.2, 0) is 10.2 Å². The molecule has 4 heterocycles. The summed E-state index contributed by atoms with van der Waals surface area (Å²) < 4.78 is 0. The Kier molecular flexibility index (Phi) is 3.10. The number of rotatable bonds is 1. The smallest absolute Gasteiger partial charge is 0.231 e. The lowest BCUT2D eigenvalue weighted by Gasteiger charge is -2.54. The quantitative estimate of drug-likeness (QED) is 0.410. The van der Waals surface area contributed by atoms with Crippen LogP contribution in [0.15, 0.2) is 35.4 Å². The maximum absolute atomic E-state index is 13.0. The molecule has 1 saturated carbocycles. The lowest BCUT2D eigenvalue weighted by Crippen LogP contribution is -2.62. The van der Waals surface area contributed by atoms with Gasteiger partial charge in [-0.2, -0.15) is 0 Å². The Morgan fingerprint density at radius 1 is 1.30 bits per heavy atom. The molecule has 4 atom stereocenters. The van der Waals surface area contributed by atoms with Gasteiger partial charge in [0.1, 0.15) is 0 Å². The zero-order chi connectivity index (χ0) is 18.5. The van der Waals surface area contributed by atoms with Crippen molar-refractivity contribution in [3.05, 3.63) is 41.0 Å². The second-order valence-electron chi connectivity index (χ2n) is 8.43. The number of aromatic hydroxyl groups is 2. The van der Waals surface area contributed by atoms with Gasteiger partial charge < -0.3 is 15.1 Å². The number of hydrogen-bond acceptors (Lipinski definition) is 4. The van der Waals surface area contributed by atoms with Gasteiger partial charge in [-0.05, 0) is 36.6 Å². The molecule has 1 aliphatic carbocycles. The Hall–Kier alpha value is -1.79. The maximum atomic E-state index is 13.0. The molecule has 6 heteroatoms. The molecule has 1 aromatic rings. The molecule has 1 amide bonds. The number of anilines is 1. The number of phenols is 2. The van der Waals surface area contributed by atoms with E-state index in [1.807, 2.05) is 4.90 Å². The van der Waals surface area contributed by atoms with E-state index >= 15 is 0 Å². The molecule has 5 nitrogen and oxygen atoms in total. The SMILES string of the molecule is O=C1CC=C2C3CC4N(CCC45c4cc(O)c(O)cc4N1C25)C/C3=C\CBr. The van der Waals surface area contributed by atoms with E-state index in [-0.39, 0.29) is 28.9 Å². The third-order valence-corrected chi connectivity index (χ3v) is 7.90. The molecule has 5 aliphatic rings. The van der Waals surface area contributed by atoms with E-state index in [1.165, 1.54) is 11.1 Å². The van der Waals surface area contributed by atoms with E-state index < -0.39 is 0 Å². The van der Waals surface area contributed by atoms with Crippen LogP contribution >= 0.6 is 15.9 Å². The second-order valence-corrected chi connectivity index (χ2v) is 9.08. The molecule has 3 fully saturated rings. The van der Waals surface area contributed by atoms with Gasteiger partial charge >= 0.3 is 0 Å². The molecule has 140 valence electrons. The van der Waals surface area contributed by atoms with Crippen molar-refractivity contribution in [3.63, 3.8) is 0 Å². The number of phenolic OH excluding ortho intramolecular Hbond substituents is 2.